The van der Waals surface area contributed by atoms with E-state index in [9.17, 15) is 8.42 Å². The Bertz CT molecular complexity index is 854. The Morgan fingerprint density at radius 3 is 2.58 bits per heavy atom. The molecule has 1 aliphatic rings. The molecule has 24 heavy (non-hydrogen) atoms. The van der Waals surface area contributed by atoms with Crippen LogP contribution in [0.4, 0.5) is 5.82 Å². The van der Waals surface area contributed by atoms with Gasteiger partial charge in [-0.25, -0.2) is 13.4 Å². The first-order chi connectivity index (χ1) is 11.4. The van der Waals surface area contributed by atoms with Gasteiger partial charge < -0.3 is 4.74 Å². The summed E-state index contributed by atoms with van der Waals surface area (Å²) in [6.07, 6.45) is 2.08. The molecule has 1 aliphatic carbocycles. The molecule has 1 aromatic heterocycles. The second-order valence-corrected chi connectivity index (χ2v) is 8.12. The van der Waals surface area contributed by atoms with Crippen LogP contribution in [0.2, 0.25) is 10.0 Å². The Morgan fingerprint density at radius 1 is 1.21 bits per heavy atom. The minimum absolute atomic E-state index is 0.0228. The molecule has 1 saturated carbocycles. The fourth-order valence-corrected chi connectivity index (χ4v) is 3.85. The van der Waals surface area contributed by atoms with Gasteiger partial charge in [-0.15, -0.1) is 0 Å². The Kier molecular flexibility index (Phi) is 5.01. The van der Waals surface area contributed by atoms with E-state index >= 15 is 0 Å². The fraction of sp³-hybridized carbons (Fsp3) is 0.312. The summed E-state index contributed by atoms with van der Waals surface area (Å²) in [4.78, 5) is 4.40. The predicted octanol–water partition coefficient (Wildman–Crippen LogP) is 4.29. The Labute approximate surface area is 151 Å². The summed E-state index contributed by atoms with van der Waals surface area (Å²) >= 11 is 11.7. The Morgan fingerprint density at radius 2 is 1.96 bits per heavy atom. The molecule has 1 atom stereocenters. The van der Waals surface area contributed by atoms with Crippen molar-refractivity contribution in [3.63, 3.8) is 0 Å². The maximum absolute atomic E-state index is 12.5. The molecule has 2 aromatic rings. The molecule has 3 rings (SSSR count). The molecule has 0 amide bonds. The smallest absolute Gasteiger partial charge is 0.263 e. The van der Waals surface area contributed by atoms with Gasteiger partial charge >= 0.3 is 0 Å². The number of anilines is 1. The quantitative estimate of drug-likeness (QED) is 0.803. The van der Waals surface area contributed by atoms with Crippen LogP contribution in [0.5, 0.6) is 0 Å². The molecule has 1 N–H and O–H groups in total. The second-order valence-electron chi connectivity index (χ2n) is 5.62. The lowest BCUT2D eigenvalue weighted by Gasteiger charge is -2.15. The number of halogens is 2. The molecule has 1 unspecified atom stereocenters. The van der Waals surface area contributed by atoms with Crippen molar-refractivity contribution in [1.29, 1.82) is 0 Å². The highest BCUT2D eigenvalue weighted by Crippen LogP contribution is 2.42. The summed E-state index contributed by atoms with van der Waals surface area (Å²) in [5.41, 5.74) is 0.717. The highest BCUT2D eigenvalue weighted by molar-refractivity contribution is 7.92. The number of aromatic nitrogens is 1. The minimum atomic E-state index is -3.80. The first kappa shape index (κ1) is 17.5. The van der Waals surface area contributed by atoms with Crippen LogP contribution in [0, 0.1) is 5.92 Å². The maximum atomic E-state index is 12.5. The van der Waals surface area contributed by atoms with Crippen molar-refractivity contribution >= 4 is 39.0 Å². The average molecular weight is 387 g/mol. The predicted molar refractivity (Wildman–Crippen MR) is 94.0 cm³/mol. The van der Waals surface area contributed by atoms with Crippen LogP contribution in [0.1, 0.15) is 24.6 Å². The number of nitrogens with one attached hydrogen (secondary N) is 1. The van der Waals surface area contributed by atoms with Gasteiger partial charge in [-0.05, 0) is 49.1 Å². The number of benzene rings is 1. The van der Waals surface area contributed by atoms with Crippen molar-refractivity contribution in [3.05, 3.63) is 52.1 Å². The van der Waals surface area contributed by atoms with Crippen LogP contribution in [0.25, 0.3) is 0 Å². The van der Waals surface area contributed by atoms with E-state index in [2.05, 4.69) is 9.71 Å². The number of methoxy groups -OCH3 is 1. The highest BCUT2D eigenvalue weighted by atomic mass is 35.5. The summed E-state index contributed by atoms with van der Waals surface area (Å²) < 4.78 is 32.9. The van der Waals surface area contributed by atoms with E-state index in [4.69, 9.17) is 27.9 Å². The molecule has 0 radical (unpaired) electrons. The maximum Gasteiger partial charge on any atom is 0.263 e. The highest BCUT2D eigenvalue weighted by Gasteiger charge is 2.33. The monoisotopic (exact) mass is 386 g/mol. The van der Waals surface area contributed by atoms with Gasteiger partial charge in [0.1, 0.15) is 11.9 Å². The molecule has 1 fully saturated rings. The number of sulfonamides is 1. The molecular formula is C16H16Cl2N2O3S. The zero-order chi connectivity index (χ0) is 17.3. The normalized spacial score (nSPS) is 16.0. The third-order valence-corrected chi connectivity index (χ3v) is 5.90. The number of ether oxygens (including phenoxy) is 1. The molecule has 1 heterocycles. The average Bonchev–Trinajstić information content (AvgIpc) is 3.35. The Hall–Kier alpha value is -1.34. The minimum Gasteiger partial charge on any atom is -0.375 e. The number of rotatable bonds is 6. The molecule has 5 nitrogen and oxygen atoms in total. The van der Waals surface area contributed by atoms with E-state index in [0.717, 1.165) is 12.8 Å². The van der Waals surface area contributed by atoms with Gasteiger partial charge in [0, 0.05) is 7.11 Å². The summed E-state index contributed by atoms with van der Waals surface area (Å²) in [7, 11) is -2.17. The van der Waals surface area contributed by atoms with Gasteiger partial charge in [0.15, 0.2) is 0 Å². The van der Waals surface area contributed by atoms with E-state index in [1.165, 1.54) is 18.2 Å². The third-order valence-electron chi connectivity index (χ3n) is 3.81. The molecule has 0 bridgehead atoms. The van der Waals surface area contributed by atoms with Gasteiger partial charge in [-0.2, -0.15) is 0 Å². The Balaban J connectivity index is 1.85. The molecule has 8 heteroatoms. The van der Waals surface area contributed by atoms with Crippen molar-refractivity contribution in [3.8, 4) is 0 Å². The van der Waals surface area contributed by atoms with Crippen LogP contribution < -0.4 is 4.72 Å². The van der Waals surface area contributed by atoms with Gasteiger partial charge in [0.2, 0.25) is 0 Å². The number of hydrogen-bond acceptors (Lipinski definition) is 4. The lowest BCUT2D eigenvalue weighted by atomic mass is 10.1. The number of nitrogens with zero attached hydrogens (tertiary/aromatic N) is 1. The SMILES string of the molecule is COC(c1cccc(NS(=O)(=O)c2ccc(Cl)c(Cl)c2)n1)C1CC1. The zero-order valence-corrected chi connectivity index (χ0v) is 15.2. The van der Waals surface area contributed by atoms with Crippen molar-refractivity contribution in [2.45, 2.75) is 23.8 Å². The number of pyridine rings is 1. The fourth-order valence-electron chi connectivity index (χ4n) is 2.46. The first-order valence-corrected chi connectivity index (χ1v) is 9.62. The topological polar surface area (TPSA) is 68.3 Å². The van der Waals surface area contributed by atoms with Gasteiger partial charge in [-0.1, -0.05) is 29.3 Å². The molecule has 0 aliphatic heterocycles. The molecular weight excluding hydrogens is 371 g/mol. The van der Waals surface area contributed by atoms with E-state index in [-0.39, 0.29) is 21.8 Å². The van der Waals surface area contributed by atoms with Gasteiger partial charge in [0.05, 0.1) is 20.6 Å². The van der Waals surface area contributed by atoms with Crippen molar-refractivity contribution in [2.24, 2.45) is 5.92 Å². The van der Waals surface area contributed by atoms with Crippen molar-refractivity contribution < 1.29 is 13.2 Å². The van der Waals surface area contributed by atoms with Gasteiger partial charge in [-0.3, -0.25) is 4.72 Å². The summed E-state index contributed by atoms with van der Waals surface area (Å²) in [5, 5.41) is 0.470. The van der Waals surface area contributed by atoms with Crippen LogP contribution in [0.3, 0.4) is 0 Å². The van der Waals surface area contributed by atoms with Crippen molar-refractivity contribution in [2.75, 3.05) is 11.8 Å². The van der Waals surface area contributed by atoms with Crippen LogP contribution in [-0.2, 0) is 14.8 Å². The second kappa shape index (κ2) is 6.88. The van der Waals surface area contributed by atoms with Crippen LogP contribution >= 0.6 is 23.2 Å². The zero-order valence-electron chi connectivity index (χ0n) is 12.9. The van der Waals surface area contributed by atoms with E-state index in [0.29, 0.717) is 16.6 Å². The van der Waals surface area contributed by atoms with Crippen molar-refractivity contribution in [1.82, 2.24) is 4.98 Å². The third kappa shape index (κ3) is 3.83. The number of hydrogen-bond donors (Lipinski definition) is 1. The van der Waals surface area contributed by atoms with E-state index < -0.39 is 10.0 Å². The molecule has 1 aromatic carbocycles. The van der Waals surface area contributed by atoms with Gasteiger partial charge in [0.25, 0.3) is 10.0 Å². The van der Waals surface area contributed by atoms with E-state index in [1.54, 1.807) is 19.2 Å². The van der Waals surface area contributed by atoms with E-state index in [1.807, 2.05) is 6.07 Å². The molecule has 0 spiro atoms. The summed E-state index contributed by atoms with van der Waals surface area (Å²) in [6.45, 7) is 0. The van der Waals surface area contributed by atoms with Crippen LogP contribution in [-0.4, -0.2) is 20.5 Å². The standard InChI is InChI=1S/C16H16Cl2N2O3S/c1-23-16(10-5-6-10)14-3-2-4-15(19-14)20-24(21,22)11-7-8-12(17)13(18)9-11/h2-4,7-10,16H,5-6H2,1H3,(H,19,20). The van der Waals surface area contributed by atoms with Crippen LogP contribution in [0.15, 0.2) is 41.3 Å². The molecule has 0 saturated heterocycles. The summed E-state index contributed by atoms with van der Waals surface area (Å²) in [6, 6.07) is 9.32. The largest absolute Gasteiger partial charge is 0.375 e. The summed E-state index contributed by atoms with van der Waals surface area (Å²) in [5.74, 6) is 0.686. The first-order valence-electron chi connectivity index (χ1n) is 7.38. The molecule has 128 valence electrons. The lowest BCUT2D eigenvalue weighted by molar-refractivity contribution is 0.0812. The lowest BCUT2D eigenvalue weighted by Crippen LogP contribution is -2.15.